The number of hydrogen-bond acceptors (Lipinski definition) is 4. The summed E-state index contributed by atoms with van der Waals surface area (Å²) in [6.07, 6.45) is 1.67. The highest BCUT2D eigenvalue weighted by molar-refractivity contribution is 8.00. The third-order valence-corrected chi connectivity index (χ3v) is 3.53. The molecule has 1 aromatic carbocycles. The highest BCUT2D eigenvalue weighted by Gasteiger charge is 2.05. The van der Waals surface area contributed by atoms with E-state index >= 15 is 0 Å². The predicted octanol–water partition coefficient (Wildman–Crippen LogP) is 2.70. The summed E-state index contributed by atoms with van der Waals surface area (Å²) in [4.78, 5) is 16.7. The minimum Gasteiger partial charge on any atom is -0.384 e. The van der Waals surface area contributed by atoms with E-state index in [1.54, 1.807) is 12.3 Å². The predicted molar refractivity (Wildman–Crippen MR) is 79.2 cm³/mol. The van der Waals surface area contributed by atoms with Crippen LogP contribution in [-0.2, 0) is 4.79 Å². The number of aryl methyl sites for hydroxylation is 1. The lowest BCUT2D eigenvalue weighted by molar-refractivity contribution is -0.113. The average molecular weight is 273 g/mol. The Morgan fingerprint density at radius 1 is 1.32 bits per heavy atom. The van der Waals surface area contributed by atoms with Crippen LogP contribution in [0.2, 0.25) is 0 Å². The lowest BCUT2D eigenvalue weighted by Crippen LogP contribution is -2.14. The summed E-state index contributed by atoms with van der Waals surface area (Å²) in [7, 11) is 0. The number of aromatic nitrogens is 1. The van der Waals surface area contributed by atoms with E-state index in [1.165, 1.54) is 11.8 Å². The lowest BCUT2D eigenvalue weighted by Gasteiger charge is -2.07. The summed E-state index contributed by atoms with van der Waals surface area (Å²) >= 11 is 1.43. The van der Waals surface area contributed by atoms with E-state index in [1.807, 2.05) is 37.3 Å². The van der Waals surface area contributed by atoms with Crippen molar-refractivity contribution in [2.45, 2.75) is 11.8 Å². The number of nitrogens with two attached hydrogens (primary N) is 1. The SMILES string of the molecule is Cc1ccccc1NC(=O)CSc1ccc(N)nc1. The molecule has 0 aliphatic heterocycles. The highest BCUT2D eigenvalue weighted by atomic mass is 32.2. The molecule has 0 saturated heterocycles. The first-order valence-electron chi connectivity index (χ1n) is 5.85. The van der Waals surface area contributed by atoms with Gasteiger partial charge in [-0.1, -0.05) is 18.2 Å². The highest BCUT2D eigenvalue weighted by Crippen LogP contribution is 2.18. The molecule has 2 aromatic rings. The van der Waals surface area contributed by atoms with Crippen LogP contribution < -0.4 is 11.1 Å². The zero-order valence-corrected chi connectivity index (χ0v) is 11.4. The number of rotatable bonds is 4. The monoisotopic (exact) mass is 273 g/mol. The number of anilines is 2. The largest absolute Gasteiger partial charge is 0.384 e. The molecule has 0 fully saturated rings. The molecule has 0 unspecified atom stereocenters. The number of hydrogen-bond donors (Lipinski definition) is 2. The lowest BCUT2D eigenvalue weighted by atomic mass is 10.2. The molecule has 0 aliphatic rings. The van der Waals surface area contributed by atoms with Gasteiger partial charge < -0.3 is 11.1 Å². The Hall–Kier alpha value is -2.01. The normalized spacial score (nSPS) is 10.2. The number of benzene rings is 1. The molecule has 1 heterocycles. The Morgan fingerprint density at radius 3 is 2.79 bits per heavy atom. The van der Waals surface area contributed by atoms with Crippen LogP contribution in [0.3, 0.4) is 0 Å². The fraction of sp³-hybridized carbons (Fsp3) is 0.143. The quantitative estimate of drug-likeness (QED) is 0.840. The minimum absolute atomic E-state index is 0.0314. The van der Waals surface area contributed by atoms with Crippen LogP contribution in [0.15, 0.2) is 47.5 Å². The molecule has 19 heavy (non-hydrogen) atoms. The van der Waals surface area contributed by atoms with Gasteiger partial charge in [-0.05, 0) is 30.7 Å². The summed E-state index contributed by atoms with van der Waals surface area (Å²) in [5.74, 6) is 0.796. The van der Waals surface area contributed by atoms with Gasteiger partial charge in [0.05, 0.1) is 5.75 Å². The molecule has 0 spiro atoms. The van der Waals surface area contributed by atoms with Gasteiger partial charge in [0.15, 0.2) is 0 Å². The molecule has 5 heteroatoms. The second kappa shape index (κ2) is 6.24. The van der Waals surface area contributed by atoms with Gasteiger partial charge in [-0.3, -0.25) is 4.79 Å². The van der Waals surface area contributed by atoms with Crippen molar-refractivity contribution in [3.05, 3.63) is 48.2 Å². The van der Waals surface area contributed by atoms with Crippen molar-refractivity contribution in [1.29, 1.82) is 0 Å². The molecule has 0 aliphatic carbocycles. The first-order valence-corrected chi connectivity index (χ1v) is 6.83. The van der Waals surface area contributed by atoms with Crippen molar-refractivity contribution in [3.63, 3.8) is 0 Å². The van der Waals surface area contributed by atoms with Gasteiger partial charge >= 0.3 is 0 Å². The molecule has 98 valence electrons. The van der Waals surface area contributed by atoms with Crippen LogP contribution in [0.1, 0.15) is 5.56 Å². The van der Waals surface area contributed by atoms with Gasteiger partial charge in [0.25, 0.3) is 0 Å². The first kappa shape index (κ1) is 13.4. The third kappa shape index (κ3) is 3.99. The van der Waals surface area contributed by atoms with Crippen LogP contribution in [0.4, 0.5) is 11.5 Å². The zero-order chi connectivity index (χ0) is 13.7. The topological polar surface area (TPSA) is 68.0 Å². The maximum absolute atomic E-state index is 11.8. The molecule has 0 radical (unpaired) electrons. The Morgan fingerprint density at radius 2 is 2.11 bits per heavy atom. The first-order chi connectivity index (χ1) is 9.15. The molecule has 0 bridgehead atoms. The number of thioether (sulfide) groups is 1. The summed E-state index contributed by atoms with van der Waals surface area (Å²) < 4.78 is 0. The van der Waals surface area contributed by atoms with Crippen LogP contribution >= 0.6 is 11.8 Å². The molecule has 1 amide bonds. The second-order valence-electron chi connectivity index (χ2n) is 4.07. The van der Waals surface area contributed by atoms with Crippen LogP contribution in [0.25, 0.3) is 0 Å². The number of nitrogen functional groups attached to an aromatic ring is 1. The van der Waals surface area contributed by atoms with Gasteiger partial charge in [-0.2, -0.15) is 0 Å². The van der Waals surface area contributed by atoms with E-state index in [-0.39, 0.29) is 5.91 Å². The van der Waals surface area contributed by atoms with Crippen molar-refractivity contribution in [2.75, 3.05) is 16.8 Å². The Labute approximate surface area is 116 Å². The number of pyridine rings is 1. The minimum atomic E-state index is -0.0314. The number of para-hydroxylation sites is 1. The molecular weight excluding hydrogens is 258 g/mol. The number of nitrogens with one attached hydrogen (secondary N) is 1. The molecule has 0 saturated carbocycles. The Balaban J connectivity index is 1.88. The fourth-order valence-corrected chi connectivity index (χ4v) is 2.19. The fourth-order valence-electron chi connectivity index (χ4n) is 1.53. The standard InChI is InChI=1S/C14H15N3OS/c1-10-4-2-3-5-12(10)17-14(18)9-19-11-6-7-13(15)16-8-11/h2-8H,9H2,1H3,(H2,15,16)(H,17,18). The van der Waals surface area contributed by atoms with Crippen molar-refractivity contribution in [1.82, 2.24) is 4.98 Å². The Bertz CT molecular complexity index is 569. The van der Waals surface area contributed by atoms with Crippen LogP contribution in [-0.4, -0.2) is 16.6 Å². The van der Waals surface area contributed by atoms with Crippen LogP contribution in [0.5, 0.6) is 0 Å². The van der Waals surface area contributed by atoms with E-state index in [4.69, 9.17) is 5.73 Å². The van der Waals surface area contributed by atoms with Crippen molar-refractivity contribution < 1.29 is 4.79 Å². The molecule has 3 N–H and O–H groups in total. The molecule has 1 aromatic heterocycles. The molecule has 2 rings (SSSR count). The third-order valence-electron chi connectivity index (χ3n) is 2.55. The second-order valence-corrected chi connectivity index (χ2v) is 5.12. The summed E-state index contributed by atoms with van der Waals surface area (Å²) in [6, 6.07) is 11.3. The summed E-state index contributed by atoms with van der Waals surface area (Å²) in [5.41, 5.74) is 7.40. The maximum Gasteiger partial charge on any atom is 0.234 e. The number of nitrogens with zero attached hydrogens (tertiary/aromatic N) is 1. The van der Waals surface area contributed by atoms with Gasteiger partial charge in [-0.25, -0.2) is 4.98 Å². The van der Waals surface area contributed by atoms with E-state index < -0.39 is 0 Å². The van der Waals surface area contributed by atoms with Gasteiger partial charge in [-0.15, -0.1) is 11.8 Å². The maximum atomic E-state index is 11.8. The Kier molecular flexibility index (Phi) is 4.41. The summed E-state index contributed by atoms with van der Waals surface area (Å²) in [5, 5.41) is 2.89. The molecule has 4 nitrogen and oxygen atoms in total. The van der Waals surface area contributed by atoms with E-state index in [2.05, 4.69) is 10.3 Å². The van der Waals surface area contributed by atoms with E-state index in [0.29, 0.717) is 11.6 Å². The molecule has 0 atom stereocenters. The molecular formula is C14H15N3OS. The van der Waals surface area contributed by atoms with Gasteiger partial charge in [0, 0.05) is 16.8 Å². The summed E-state index contributed by atoms with van der Waals surface area (Å²) in [6.45, 7) is 1.96. The van der Waals surface area contributed by atoms with Gasteiger partial charge in [0.2, 0.25) is 5.91 Å². The van der Waals surface area contributed by atoms with Crippen molar-refractivity contribution in [3.8, 4) is 0 Å². The number of amides is 1. The number of carbonyl (C=O) groups excluding carboxylic acids is 1. The zero-order valence-electron chi connectivity index (χ0n) is 10.6. The van der Waals surface area contributed by atoms with Crippen LogP contribution in [0, 0.1) is 6.92 Å². The van der Waals surface area contributed by atoms with E-state index in [9.17, 15) is 4.79 Å². The van der Waals surface area contributed by atoms with Crippen molar-refractivity contribution >= 4 is 29.2 Å². The van der Waals surface area contributed by atoms with Gasteiger partial charge in [0.1, 0.15) is 5.82 Å². The average Bonchev–Trinajstić information content (AvgIpc) is 2.41. The number of carbonyl (C=O) groups is 1. The van der Waals surface area contributed by atoms with E-state index in [0.717, 1.165) is 16.1 Å². The van der Waals surface area contributed by atoms with Crippen molar-refractivity contribution in [2.24, 2.45) is 0 Å². The smallest absolute Gasteiger partial charge is 0.234 e.